The number of hydrogen-bond acceptors (Lipinski definition) is 4. The predicted octanol–water partition coefficient (Wildman–Crippen LogP) is 1.30. The van der Waals surface area contributed by atoms with Crippen LogP contribution in [0.3, 0.4) is 0 Å². The van der Waals surface area contributed by atoms with Crippen molar-refractivity contribution < 1.29 is 26.7 Å². The van der Waals surface area contributed by atoms with Gasteiger partial charge in [0.05, 0.1) is 12.7 Å². The van der Waals surface area contributed by atoms with Crippen LogP contribution in [0.1, 0.15) is 16.7 Å². The van der Waals surface area contributed by atoms with Crippen LogP contribution in [-0.4, -0.2) is 13.1 Å². The van der Waals surface area contributed by atoms with Gasteiger partial charge in [-0.25, -0.2) is 4.79 Å². The van der Waals surface area contributed by atoms with Crippen LogP contribution in [0.4, 0.5) is 5.69 Å². The van der Waals surface area contributed by atoms with Gasteiger partial charge in [-0.05, 0) is 30.7 Å². The maximum Gasteiger partial charge on any atom is 0.385 e. The Balaban J connectivity index is 0.00000192. The average molecular weight is 329 g/mol. The molecule has 0 aromatic heterocycles. The number of carbonyl (C=O) groups excluding carboxylic acids is 1. The first-order valence-electron chi connectivity index (χ1n) is 6.70. The summed E-state index contributed by atoms with van der Waals surface area (Å²) in [5.41, 5.74) is 3.10. The van der Waals surface area contributed by atoms with Gasteiger partial charge in [-0.2, -0.15) is 0 Å². The molecule has 0 saturated heterocycles. The number of rotatable bonds is 1. The third kappa shape index (κ3) is 3.03. The molecule has 0 saturated carbocycles. The van der Waals surface area contributed by atoms with Crippen LogP contribution in [0, 0.1) is 12.3 Å². The number of fused-ring (bicyclic) bond motifs is 2. The van der Waals surface area contributed by atoms with Crippen molar-refractivity contribution in [1.29, 1.82) is 5.39 Å². The molecule has 0 amide bonds. The fraction of sp³-hybridized carbons (Fsp3) is 0.118. The Labute approximate surface area is 139 Å². The van der Waals surface area contributed by atoms with E-state index in [9.17, 15) is 4.79 Å². The molecule has 6 heteroatoms. The minimum atomic E-state index is -0.451. The molecule has 5 nitrogen and oxygen atoms in total. The molecule has 0 radical (unpaired) electrons. The van der Waals surface area contributed by atoms with Crippen LogP contribution in [-0.2, 0) is 9.53 Å². The summed E-state index contributed by atoms with van der Waals surface area (Å²) in [7, 11) is 1.34. The molecule has 116 valence electrons. The summed E-state index contributed by atoms with van der Waals surface area (Å²) in [4.78, 5) is 15.3. The average Bonchev–Trinajstić information content (AvgIpc) is 2.69. The number of methoxy groups -OCH3 is 1. The quantitative estimate of drug-likeness (QED) is 0.585. The topological polar surface area (TPSA) is 63.7 Å². The molecule has 0 N–H and O–H groups in total. The van der Waals surface area contributed by atoms with Crippen LogP contribution < -0.4 is 17.1 Å². The summed E-state index contributed by atoms with van der Waals surface area (Å²) >= 11 is 0. The number of aryl methyl sites for hydroxylation is 1. The summed E-state index contributed by atoms with van der Waals surface area (Å²) < 4.78 is 10.8. The smallest absolute Gasteiger partial charge is 0.385 e. The van der Waals surface area contributed by atoms with Crippen molar-refractivity contribution in [2.24, 2.45) is 0 Å². The van der Waals surface area contributed by atoms with Crippen LogP contribution in [0.2, 0.25) is 0 Å². The van der Waals surface area contributed by atoms with E-state index in [-0.39, 0.29) is 12.4 Å². The monoisotopic (exact) mass is 328 g/mol. The number of ether oxygens (including phenoxy) is 2. The Morgan fingerprint density at radius 3 is 2.65 bits per heavy atom. The van der Waals surface area contributed by atoms with E-state index in [1.54, 1.807) is 24.3 Å². The largest absolute Gasteiger partial charge is 1.00 e. The van der Waals surface area contributed by atoms with E-state index in [0.717, 1.165) is 5.56 Å². The van der Waals surface area contributed by atoms with Crippen molar-refractivity contribution in [1.82, 2.24) is 0 Å². The molecular formula is C17H13ClN2O3. The fourth-order valence-corrected chi connectivity index (χ4v) is 2.37. The van der Waals surface area contributed by atoms with Crippen molar-refractivity contribution in [2.45, 2.75) is 6.92 Å². The molecule has 0 bridgehead atoms. The Kier molecular flexibility index (Phi) is 4.68. The maximum absolute atomic E-state index is 12.1. The number of esters is 1. The molecule has 2 aromatic rings. The van der Waals surface area contributed by atoms with Crippen LogP contribution in [0.25, 0.3) is 16.6 Å². The lowest BCUT2D eigenvalue weighted by molar-refractivity contribution is -0.133. The highest BCUT2D eigenvalue weighted by molar-refractivity contribution is 6.22. The first-order valence-corrected chi connectivity index (χ1v) is 6.70. The lowest BCUT2D eigenvalue weighted by atomic mass is 10.0. The van der Waals surface area contributed by atoms with Gasteiger partial charge in [0.25, 0.3) is 0 Å². The highest BCUT2D eigenvalue weighted by Crippen LogP contribution is 2.40. The van der Waals surface area contributed by atoms with E-state index in [2.05, 4.69) is 4.98 Å². The van der Waals surface area contributed by atoms with Gasteiger partial charge in [-0.15, -0.1) is 0 Å². The highest BCUT2D eigenvalue weighted by Gasteiger charge is 2.23. The van der Waals surface area contributed by atoms with Crippen molar-refractivity contribution in [3.63, 3.8) is 0 Å². The molecule has 1 aliphatic heterocycles. The minimum Gasteiger partial charge on any atom is -1.00 e. The Morgan fingerprint density at radius 2 is 1.96 bits per heavy atom. The van der Waals surface area contributed by atoms with Crippen LogP contribution in [0.5, 0.6) is 11.5 Å². The second kappa shape index (κ2) is 6.51. The highest BCUT2D eigenvalue weighted by atomic mass is 35.5. The number of halogens is 1. The summed E-state index contributed by atoms with van der Waals surface area (Å²) in [5.74, 6) is 0.718. The van der Waals surface area contributed by atoms with Gasteiger partial charge in [0.2, 0.25) is 5.39 Å². The van der Waals surface area contributed by atoms with Gasteiger partial charge in [0.1, 0.15) is 11.5 Å². The van der Waals surface area contributed by atoms with Crippen LogP contribution in [0.15, 0.2) is 36.4 Å². The first kappa shape index (κ1) is 16.5. The number of benzene rings is 2. The van der Waals surface area contributed by atoms with Gasteiger partial charge in [-0.3, -0.25) is 0 Å². The van der Waals surface area contributed by atoms with Gasteiger partial charge in [-0.1, -0.05) is 12.1 Å². The molecule has 0 unspecified atom stereocenters. The molecule has 0 atom stereocenters. The zero-order valence-corrected chi connectivity index (χ0v) is 13.3. The number of nitrogens with zero attached hydrogens (tertiary/aromatic N) is 2. The number of carbonyl (C=O) groups is 1. The third-order valence-corrected chi connectivity index (χ3v) is 3.46. The normalized spacial score (nSPS) is 11.4. The summed E-state index contributed by atoms with van der Waals surface area (Å²) in [5, 5.41) is 8.91. The minimum absolute atomic E-state index is 0. The molecular weight excluding hydrogens is 316 g/mol. The molecule has 1 heterocycles. The predicted molar refractivity (Wildman–Crippen MR) is 82.3 cm³/mol. The Morgan fingerprint density at radius 1 is 1.17 bits per heavy atom. The Bertz CT molecular complexity index is 853. The summed E-state index contributed by atoms with van der Waals surface area (Å²) in [6.07, 6.45) is 1.68. The summed E-state index contributed by atoms with van der Waals surface area (Å²) in [6.45, 7) is 1.95. The second-order valence-corrected chi connectivity index (χ2v) is 4.97. The second-order valence-electron chi connectivity index (χ2n) is 4.97. The molecule has 23 heavy (non-hydrogen) atoms. The van der Waals surface area contributed by atoms with Crippen molar-refractivity contribution >= 4 is 23.3 Å². The van der Waals surface area contributed by atoms with E-state index < -0.39 is 5.97 Å². The van der Waals surface area contributed by atoms with E-state index in [1.165, 1.54) is 7.11 Å². The third-order valence-electron chi connectivity index (χ3n) is 3.46. The lowest BCUT2D eigenvalue weighted by Gasteiger charge is -2.10. The SMILES string of the molecule is COC(=O)C1=Cc2cc([N+]#N)ccc2Oc2cc(C)ccc21.[Cl-]. The first-order chi connectivity index (χ1) is 10.6. The molecule has 2 aromatic carbocycles. The fourth-order valence-electron chi connectivity index (χ4n) is 2.37. The molecule has 3 rings (SSSR count). The molecule has 0 aliphatic carbocycles. The number of diazo groups is 1. The van der Waals surface area contributed by atoms with Gasteiger partial charge < -0.3 is 21.9 Å². The molecule has 1 aliphatic rings. The lowest BCUT2D eigenvalue weighted by Crippen LogP contribution is -3.00. The van der Waals surface area contributed by atoms with Gasteiger partial charge in [0.15, 0.2) is 4.98 Å². The van der Waals surface area contributed by atoms with E-state index >= 15 is 0 Å². The van der Waals surface area contributed by atoms with E-state index in [1.807, 2.05) is 25.1 Å². The van der Waals surface area contributed by atoms with Crippen LogP contribution >= 0.6 is 0 Å². The zero-order chi connectivity index (χ0) is 15.7. The van der Waals surface area contributed by atoms with Gasteiger partial charge in [0, 0.05) is 23.3 Å². The van der Waals surface area contributed by atoms with Crippen molar-refractivity contribution in [2.75, 3.05) is 7.11 Å². The molecule has 0 spiro atoms. The standard InChI is InChI=1S/C17H13N2O3.ClH/c1-10-3-5-13-14(17(20)21-2)9-11-8-12(19-18)4-6-15(11)22-16(13)7-10;/h3-9H,1-2H3;1H/q+1;/p-1. The zero-order valence-electron chi connectivity index (χ0n) is 12.5. The maximum atomic E-state index is 12.1. The summed E-state index contributed by atoms with van der Waals surface area (Å²) in [6, 6.07) is 10.6. The van der Waals surface area contributed by atoms with Gasteiger partial charge >= 0.3 is 11.7 Å². The van der Waals surface area contributed by atoms with Crippen molar-refractivity contribution in [3.05, 3.63) is 58.1 Å². The Hall–Kier alpha value is -2.84. The van der Waals surface area contributed by atoms with Crippen molar-refractivity contribution in [3.8, 4) is 11.5 Å². The molecule has 0 fully saturated rings. The number of hydrogen-bond donors (Lipinski definition) is 0. The van der Waals surface area contributed by atoms with E-state index in [0.29, 0.717) is 33.9 Å². The van der Waals surface area contributed by atoms with E-state index in [4.69, 9.17) is 14.9 Å².